The molecule has 17 heavy (non-hydrogen) atoms. The van der Waals surface area contributed by atoms with Crippen LogP contribution in [0.25, 0.3) is 0 Å². The lowest BCUT2D eigenvalue weighted by Crippen LogP contribution is -2.32. The van der Waals surface area contributed by atoms with Crippen molar-refractivity contribution < 1.29 is 0 Å². The van der Waals surface area contributed by atoms with Crippen LogP contribution in [0, 0.1) is 0 Å². The van der Waals surface area contributed by atoms with Crippen LogP contribution in [0.4, 0.5) is 0 Å². The smallest absolute Gasteiger partial charge is 0.0551 e. The Kier molecular flexibility index (Phi) is 4.81. The molecule has 4 heteroatoms. The van der Waals surface area contributed by atoms with Crippen LogP contribution in [0.5, 0.6) is 0 Å². The van der Waals surface area contributed by atoms with E-state index in [0.717, 1.165) is 22.6 Å². The molecule has 1 fully saturated rings. The largest absolute Gasteiger partial charge is 0.311 e. The topological polar surface area (TPSA) is 12.0 Å². The van der Waals surface area contributed by atoms with Gasteiger partial charge in [-0.25, -0.2) is 0 Å². The fourth-order valence-electron chi connectivity index (χ4n) is 2.10. The van der Waals surface area contributed by atoms with E-state index in [1.807, 2.05) is 12.1 Å². The summed E-state index contributed by atoms with van der Waals surface area (Å²) >= 11 is 11.6. The first-order valence-corrected chi connectivity index (χ1v) is 8.03. The first-order chi connectivity index (χ1) is 8.09. The normalized spacial score (nSPS) is 24.2. The van der Waals surface area contributed by atoms with Crippen LogP contribution in [-0.2, 0) is 6.54 Å². The van der Waals surface area contributed by atoms with Gasteiger partial charge in [0.25, 0.3) is 0 Å². The molecule has 0 spiro atoms. The highest BCUT2D eigenvalue weighted by Gasteiger charge is 2.28. The van der Waals surface area contributed by atoms with Crippen LogP contribution in [-0.4, -0.2) is 17.0 Å². The minimum Gasteiger partial charge on any atom is -0.311 e. The third-order valence-corrected chi connectivity index (χ3v) is 5.88. The number of rotatable bonds is 4. The molecule has 1 aromatic rings. The average molecular weight is 335 g/mol. The highest BCUT2D eigenvalue weighted by molar-refractivity contribution is 9.10. The zero-order chi connectivity index (χ0) is 12.3. The van der Waals surface area contributed by atoms with Gasteiger partial charge in [0.05, 0.1) is 5.02 Å². The van der Waals surface area contributed by atoms with E-state index in [2.05, 4.69) is 46.0 Å². The van der Waals surface area contributed by atoms with Gasteiger partial charge in [0, 0.05) is 22.3 Å². The van der Waals surface area contributed by atoms with Crippen LogP contribution in [0.15, 0.2) is 22.7 Å². The Morgan fingerprint density at radius 3 is 3.00 bits per heavy atom. The third-order valence-electron chi connectivity index (χ3n) is 3.11. The lowest BCUT2D eigenvalue weighted by molar-refractivity contribution is 0.537. The second-order valence-electron chi connectivity index (χ2n) is 4.75. The molecule has 1 aromatic carbocycles. The monoisotopic (exact) mass is 333 g/mol. The zero-order valence-electron chi connectivity index (χ0n) is 9.93. The van der Waals surface area contributed by atoms with E-state index in [4.69, 9.17) is 11.6 Å². The molecule has 0 radical (unpaired) electrons. The number of thioether (sulfide) groups is 1. The molecular weight excluding hydrogens is 318 g/mol. The van der Waals surface area contributed by atoms with Crippen LogP contribution < -0.4 is 5.32 Å². The second-order valence-corrected chi connectivity index (χ2v) is 7.70. The molecule has 1 atom stereocenters. The first-order valence-electron chi connectivity index (χ1n) is 5.88. The summed E-state index contributed by atoms with van der Waals surface area (Å²) in [7, 11) is 0. The molecule has 1 heterocycles. The highest BCUT2D eigenvalue weighted by Crippen LogP contribution is 2.37. The van der Waals surface area contributed by atoms with E-state index in [9.17, 15) is 0 Å². The van der Waals surface area contributed by atoms with Gasteiger partial charge in [-0.05, 0) is 59.1 Å². The van der Waals surface area contributed by atoms with E-state index in [-0.39, 0.29) is 0 Å². The molecule has 1 nitrogen and oxygen atoms in total. The third kappa shape index (κ3) is 3.88. The number of hydrogen-bond donors (Lipinski definition) is 1. The van der Waals surface area contributed by atoms with Crippen molar-refractivity contribution in [3.63, 3.8) is 0 Å². The van der Waals surface area contributed by atoms with Gasteiger partial charge in [0.1, 0.15) is 0 Å². The van der Waals surface area contributed by atoms with Crippen LogP contribution in [0.1, 0.15) is 25.3 Å². The molecule has 0 bridgehead atoms. The zero-order valence-corrected chi connectivity index (χ0v) is 13.1. The van der Waals surface area contributed by atoms with E-state index >= 15 is 0 Å². The number of nitrogens with one attached hydrogen (secondary N) is 1. The van der Waals surface area contributed by atoms with Crippen molar-refractivity contribution in [1.82, 2.24) is 5.32 Å². The summed E-state index contributed by atoms with van der Waals surface area (Å²) in [6.07, 6.45) is 2.68. The Morgan fingerprint density at radius 1 is 1.53 bits per heavy atom. The minimum absolute atomic E-state index is 0.430. The van der Waals surface area contributed by atoms with Crippen molar-refractivity contribution in [2.24, 2.45) is 0 Å². The SMILES string of the molecule is CC1(CNCc2ccc(Br)c(Cl)c2)CCCS1. The predicted octanol–water partition coefficient (Wildman–Crippen LogP) is 4.48. The molecule has 0 aromatic heterocycles. The minimum atomic E-state index is 0.430. The second kappa shape index (κ2) is 5.96. The molecule has 1 unspecified atom stereocenters. The van der Waals surface area contributed by atoms with Gasteiger partial charge in [-0.3, -0.25) is 0 Å². The molecule has 0 aliphatic carbocycles. The Morgan fingerprint density at radius 2 is 2.35 bits per heavy atom. The van der Waals surface area contributed by atoms with Gasteiger partial charge in [0.15, 0.2) is 0 Å². The van der Waals surface area contributed by atoms with Gasteiger partial charge in [-0.1, -0.05) is 17.7 Å². The maximum absolute atomic E-state index is 6.07. The van der Waals surface area contributed by atoms with E-state index in [1.54, 1.807) is 0 Å². The van der Waals surface area contributed by atoms with Crippen molar-refractivity contribution in [2.75, 3.05) is 12.3 Å². The summed E-state index contributed by atoms with van der Waals surface area (Å²) in [6, 6.07) is 6.13. The summed E-state index contributed by atoms with van der Waals surface area (Å²) in [4.78, 5) is 0. The lowest BCUT2D eigenvalue weighted by atomic mass is 10.1. The van der Waals surface area contributed by atoms with E-state index < -0.39 is 0 Å². The molecule has 94 valence electrons. The Labute approximate surface area is 121 Å². The Bertz CT molecular complexity index is 391. The Balaban J connectivity index is 1.83. The lowest BCUT2D eigenvalue weighted by Gasteiger charge is -2.23. The molecule has 1 aliphatic rings. The fourth-order valence-corrected chi connectivity index (χ4v) is 3.82. The maximum atomic E-state index is 6.07. The maximum Gasteiger partial charge on any atom is 0.0551 e. The molecule has 1 saturated heterocycles. The molecule has 2 rings (SSSR count). The van der Waals surface area contributed by atoms with Crippen LogP contribution in [0.2, 0.25) is 5.02 Å². The Hall–Kier alpha value is 0.300. The molecule has 0 amide bonds. The first kappa shape index (κ1) is 13.7. The van der Waals surface area contributed by atoms with E-state index in [0.29, 0.717) is 4.75 Å². The van der Waals surface area contributed by atoms with Gasteiger partial charge < -0.3 is 5.32 Å². The summed E-state index contributed by atoms with van der Waals surface area (Å²) < 4.78 is 1.39. The van der Waals surface area contributed by atoms with E-state index in [1.165, 1.54) is 24.2 Å². The van der Waals surface area contributed by atoms with Crippen LogP contribution >= 0.6 is 39.3 Å². The molecule has 0 saturated carbocycles. The van der Waals surface area contributed by atoms with Crippen molar-refractivity contribution in [3.8, 4) is 0 Å². The average Bonchev–Trinajstić information content (AvgIpc) is 2.71. The van der Waals surface area contributed by atoms with Crippen molar-refractivity contribution in [2.45, 2.75) is 31.1 Å². The summed E-state index contributed by atoms with van der Waals surface area (Å²) in [5.41, 5.74) is 1.24. The number of halogens is 2. The van der Waals surface area contributed by atoms with Gasteiger partial charge in [0.2, 0.25) is 0 Å². The predicted molar refractivity (Wildman–Crippen MR) is 81.0 cm³/mol. The summed E-state index contributed by atoms with van der Waals surface area (Å²) in [6.45, 7) is 4.32. The quantitative estimate of drug-likeness (QED) is 0.871. The van der Waals surface area contributed by atoms with Crippen molar-refractivity contribution in [1.29, 1.82) is 0 Å². The molecule has 1 N–H and O–H groups in total. The number of hydrogen-bond acceptors (Lipinski definition) is 2. The molecule has 1 aliphatic heterocycles. The van der Waals surface area contributed by atoms with Gasteiger partial charge in [-0.15, -0.1) is 0 Å². The van der Waals surface area contributed by atoms with Crippen molar-refractivity contribution >= 4 is 39.3 Å². The summed E-state index contributed by atoms with van der Waals surface area (Å²) in [5, 5.41) is 4.32. The standard InChI is InChI=1S/C13H17BrClNS/c1-13(5-2-6-17-13)9-16-8-10-3-4-11(14)12(15)7-10/h3-4,7,16H,2,5-6,8-9H2,1H3. The van der Waals surface area contributed by atoms with Gasteiger partial charge in [-0.2, -0.15) is 11.8 Å². The molecular formula is C13H17BrClNS. The van der Waals surface area contributed by atoms with Crippen molar-refractivity contribution in [3.05, 3.63) is 33.3 Å². The summed E-state index contributed by atoms with van der Waals surface area (Å²) in [5.74, 6) is 1.31. The van der Waals surface area contributed by atoms with Gasteiger partial charge >= 0.3 is 0 Å². The van der Waals surface area contributed by atoms with Crippen LogP contribution in [0.3, 0.4) is 0 Å². The number of benzene rings is 1. The highest BCUT2D eigenvalue weighted by atomic mass is 79.9. The fraction of sp³-hybridized carbons (Fsp3) is 0.538.